The molecule has 7 nitrogen and oxygen atoms in total. The molecule has 1 aliphatic carbocycles. The van der Waals surface area contributed by atoms with E-state index in [0.29, 0.717) is 16.3 Å². The number of amides is 3. The van der Waals surface area contributed by atoms with E-state index in [1.165, 1.54) is 0 Å². The van der Waals surface area contributed by atoms with Crippen LogP contribution in [0.2, 0.25) is 5.02 Å². The van der Waals surface area contributed by atoms with E-state index in [0.717, 1.165) is 17.5 Å². The van der Waals surface area contributed by atoms with Gasteiger partial charge in [0.1, 0.15) is 17.7 Å². The molecule has 3 amide bonds. The molecule has 1 aliphatic rings. The van der Waals surface area contributed by atoms with Crippen molar-refractivity contribution < 1.29 is 19.1 Å². The number of hydrogen-bond donors (Lipinski definition) is 2. The zero-order valence-electron chi connectivity index (χ0n) is 22.0. The molecule has 2 aromatic carbocycles. The van der Waals surface area contributed by atoms with Crippen molar-refractivity contribution in [3.05, 3.63) is 64.2 Å². The zero-order chi connectivity index (χ0) is 26.8. The molecule has 0 bridgehead atoms. The van der Waals surface area contributed by atoms with E-state index in [1.54, 1.807) is 38.7 Å². The van der Waals surface area contributed by atoms with Crippen molar-refractivity contribution >= 4 is 35.2 Å². The van der Waals surface area contributed by atoms with Crippen LogP contribution >= 0.6 is 11.6 Å². The third-order valence-corrected chi connectivity index (χ3v) is 6.45. The molecular formula is C28H36ClN3O4. The minimum Gasteiger partial charge on any atom is -0.444 e. The predicted octanol–water partition coefficient (Wildman–Crippen LogP) is 5.79. The number of para-hydroxylation sites is 1. The number of ether oxygens (including phenoxy) is 1. The van der Waals surface area contributed by atoms with Crippen molar-refractivity contribution in [2.24, 2.45) is 5.92 Å². The summed E-state index contributed by atoms with van der Waals surface area (Å²) in [5.41, 5.74) is 2.29. The first-order chi connectivity index (χ1) is 16.8. The maximum absolute atomic E-state index is 13.9. The second-order valence-corrected chi connectivity index (χ2v) is 11.0. The van der Waals surface area contributed by atoms with Crippen LogP contribution in [0, 0.1) is 19.8 Å². The number of carbonyl (C=O) groups is 3. The number of alkyl carbamates (subject to hydrolysis) is 1. The number of nitrogens with zero attached hydrogens (tertiary/aromatic N) is 1. The summed E-state index contributed by atoms with van der Waals surface area (Å²) in [5.74, 6) is -0.494. The minimum absolute atomic E-state index is 0.135. The van der Waals surface area contributed by atoms with Gasteiger partial charge in [0.15, 0.2) is 0 Å². The summed E-state index contributed by atoms with van der Waals surface area (Å²) in [7, 11) is 0. The molecule has 194 valence electrons. The number of aryl methyl sites for hydroxylation is 2. The van der Waals surface area contributed by atoms with Crippen LogP contribution in [0.15, 0.2) is 42.5 Å². The maximum Gasteiger partial charge on any atom is 0.408 e. The Kier molecular flexibility index (Phi) is 8.34. The molecule has 8 heteroatoms. The highest BCUT2D eigenvalue weighted by Gasteiger charge is 2.47. The molecule has 1 fully saturated rings. The first-order valence-corrected chi connectivity index (χ1v) is 12.6. The van der Waals surface area contributed by atoms with E-state index < -0.39 is 23.8 Å². The van der Waals surface area contributed by atoms with Crippen molar-refractivity contribution in [3.63, 3.8) is 0 Å². The number of rotatable bonds is 7. The molecule has 0 heterocycles. The Labute approximate surface area is 218 Å². The molecule has 3 rings (SSSR count). The van der Waals surface area contributed by atoms with Crippen LogP contribution in [0.3, 0.4) is 0 Å². The normalized spacial score (nSPS) is 18.6. The summed E-state index contributed by atoms with van der Waals surface area (Å²) in [6.07, 6.45) is 0.0846. The van der Waals surface area contributed by atoms with Gasteiger partial charge in [0.05, 0.1) is 10.7 Å². The van der Waals surface area contributed by atoms with Crippen LogP contribution in [-0.2, 0) is 14.3 Å². The largest absolute Gasteiger partial charge is 0.444 e. The highest BCUT2D eigenvalue weighted by molar-refractivity contribution is 6.34. The van der Waals surface area contributed by atoms with E-state index in [1.807, 2.05) is 57.2 Å². The van der Waals surface area contributed by atoms with Crippen LogP contribution in [0.5, 0.6) is 0 Å². The van der Waals surface area contributed by atoms with E-state index in [4.69, 9.17) is 16.3 Å². The van der Waals surface area contributed by atoms with Gasteiger partial charge in [-0.2, -0.15) is 0 Å². The topological polar surface area (TPSA) is 87.7 Å². The summed E-state index contributed by atoms with van der Waals surface area (Å²) < 4.78 is 5.33. The zero-order valence-corrected chi connectivity index (χ0v) is 22.8. The fraction of sp³-hybridized carbons (Fsp3) is 0.464. The van der Waals surface area contributed by atoms with Crippen molar-refractivity contribution in [2.45, 2.75) is 78.6 Å². The van der Waals surface area contributed by atoms with Crippen molar-refractivity contribution in [1.29, 1.82) is 0 Å². The molecule has 0 radical (unpaired) electrons. The fourth-order valence-electron chi connectivity index (χ4n) is 4.20. The highest BCUT2D eigenvalue weighted by atomic mass is 35.5. The third kappa shape index (κ3) is 6.78. The maximum atomic E-state index is 13.9. The van der Waals surface area contributed by atoms with Crippen LogP contribution in [0.1, 0.15) is 63.8 Å². The average molecular weight is 514 g/mol. The molecule has 2 aromatic rings. The van der Waals surface area contributed by atoms with Crippen molar-refractivity contribution in [1.82, 2.24) is 10.2 Å². The summed E-state index contributed by atoms with van der Waals surface area (Å²) in [4.78, 5) is 41.7. The number of anilines is 1. The lowest BCUT2D eigenvalue weighted by atomic mass is 10.00. The van der Waals surface area contributed by atoms with Gasteiger partial charge in [-0.05, 0) is 71.1 Å². The first kappa shape index (κ1) is 27.5. The molecule has 0 saturated heterocycles. The molecule has 0 aliphatic heterocycles. The second kappa shape index (κ2) is 10.9. The number of carbonyl (C=O) groups excluding carboxylic acids is 3. The van der Waals surface area contributed by atoms with Gasteiger partial charge in [-0.3, -0.25) is 9.59 Å². The van der Waals surface area contributed by atoms with Gasteiger partial charge in [0, 0.05) is 6.04 Å². The number of nitrogens with one attached hydrogen (secondary N) is 2. The van der Waals surface area contributed by atoms with Crippen LogP contribution in [0.25, 0.3) is 0 Å². The average Bonchev–Trinajstić information content (AvgIpc) is 3.48. The molecule has 4 unspecified atom stereocenters. The first-order valence-electron chi connectivity index (χ1n) is 12.2. The van der Waals surface area contributed by atoms with Crippen LogP contribution in [-0.4, -0.2) is 40.5 Å². The standard InChI is InChI=1S/C28H36ClN3O4/c1-16-10-8-12-20(14-16)24(25(33)31-23-17(2)11-9-13-21(23)29)32(22-15-18(22)3)26(34)19(4)30-27(35)36-28(5,6)7/h8-14,18-19,22,24H,15H2,1-7H3,(H,30,35)(H,31,33). The molecule has 0 aromatic heterocycles. The quantitative estimate of drug-likeness (QED) is 0.490. The lowest BCUT2D eigenvalue weighted by Gasteiger charge is -2.34. The van der Waals surface area contributed by atoms with Gasteiger partial charge in [-0.1, -0.05) is 60.5 Å². The van der Waals surface area contributed by atoms with Gasteiger partial charge in [0.25, 0.3) is 5.91 Å². The van der Waals surface area contributed by atoms with Gasteiger partial charge in [0.2, 0.25) is 5.91 Å². The van der Waals surface area contributed by atoms with E-state index in [2.05, 4.69) is 10.6 Å². The summed E-state index contributed by atoms with van der Waals surface area (Å²) >= 11 is 6.39. The SMILES string of the molecule is Cc1cccc(C(C(=O)Nc2c(C)cccc2Cl)N(C(=O)C(C)NC(=O)OC(C)(C)C)C2CC2C)c1. The summed E-state index contributed by atoms with van der Waals surface area (Å²) in [6, 6.07) is 11.0. The summed E-state index contributed by atoms with van der Waals surface area (Å²) in [6.45, 7) is 12.7. The molecule has 1 saturated carbocycles. The van der Waals surface area contributed by atoms with Gasteiger partial charge >= 0.3 is 6.09 Å². The number of hydrogen-bond acceptors (Lipinski definition) is 4. The van der Waals surface area contributed by atoms with Crippen LogP contribution < -0.4 is 10.6 Å². The predicted molar refractivity (Wildman–Crippen MR) is 142 cm³/mol. The van der Waals surface area contributed by atoms with Gasteiger partial charge in [-0.15, -0.1) is 0 Å². The number of halogens is 1. The third-order valence-electron chi connectivity index (χ3n) is 6.14. The van der Waals surface area contributed by atoms with Crippen molar-refractivity contribution in [2.75, 3.05) is 5.32 Å². The van der Waals surface area contributed by atoms with Crippen molar-refractivity contribution in [3.8, 4) is 0 Å². The second-order valence-electron chi connectivity index (χ2n) is 10.6. The van der Waals surface area contributed by atoms with Crippen LogP contribution in [0.4, 0.5) is 10.5 Å². The minimum atomic E-state index is -0.911. The lowest BCUT2D eigenvalue weighted by Crippen LogP contribution is -2.52. The fourth-order valence-corrected chi connectivity index (χ4v) is 4.47. The Morgan fingerprint density at radius 1 is 1.11 bits per heavy atom. The Morgan fingerprint density at radius 3 is 2.31 bits per heavy atom. The Bertz CT molecular complexity index is 1120. The smallest absolute Gasteiger partial charge is 0.408 e. The molecule has 4 atom stereocenters. The highest BCUT2D eigenvalue weighted by Crippen LogP contribution is 2.41. The van der Waals surface area contributed by atoms with E-state index >= 15 is 0 Å². The lowest BCUT2D eigenvalue weighted by molar-refractivity contribution is -0.141. The van der Waals surface area contributed by atoms with E-state index in [9.17, 15) is 14.4 Å². The van der Waals surface area contributed by atoms with E-state index in [-0.39, 0.29) is 23.8 Å². The molecule has 0 spiro atoms. The Hall–Kier alpha value is -3.06. The summed E-state index contributed by atoms with van der Waals surface area (Å²) in [5, 5.41) is 6.02. The monoisotopic (exact) mass is 513 g/mol. The Morgan fingerprint density at radius 2 is 1.75 bits per heavy atom. The molecular weight excluding hydrogens is 478 g/mol. The molecule has 36 heavy (non-hydrogen) atoms. The molecule has 2 N–H and O–H groups in total. The Balaban J connectivity index is 1.98. The van der Waals surface area contributed by atoms with Gasteiger partial charge in [-0.25, -0.2) is 4.79 Å². The van der Waals surface area contributed by atoms with Gasteiger partial charge < -0.3 is 20.3 Å². The number of benzene rings is 2.